The lowest BCUT2D eigenvalue weighted by molar-refractivity contribution is 0.0126. The highest BCUT2D eigenvalue weighted by molar-refractivity contribution is 5.92. The molecule has 21 heavy (non-hydrogen) atoms. The molecule has 1 atom stereocenters. The summed E-state index contributed by atoms with van der Waals surface area (Å²) < 4.78 is 5.75. The van der Waals surface area contributed by atoms with Crippen molar-refractivity contribution in [2.45, 2.75) is 31.8 Å². The van der Waals surface area contributed by atoms with Gasteiger partial charge in [-0.3, -0.25) is 4.79 Å². The van der Waals surface area contributed by atoms with Crippen molar-refractivity contribution in [3.05, 3.63) is 23.9 Å². The van der Waals surface area contributed by atoms with Gasteiger partial charge in [-0.15, -0.1) is 0 Å². The van der Waals surface area contributed by atoms with Crippen molar-refractivity contribution in [2.24, 2.45) is 0 Å². The van der Waals surface area contributed by atoms with Gasteiger partial charge < -0.3 is 14.5 Å². The summed E-state index contributed by atoms with van der Waals surface area (Å²) in [6, 6.07) is 5.57. The average molecular weight is 291 g/mol. The van der Waals surface area contributed by atoms with Crippen LogP contribution in [0.5, 0.6) is 0 Å². The number of carbonyl (C=O) groups is 1. The molecule has 0 aliphatic carbocycles. The van der Waals surface area contributed by atoms with E-state index < -0.39 is 0 Å². The molecule has 1 aromatic rings. The van der Waals surface area contributed by atoms with Crippen LogP contribution in [0.4, 0.5) is 5.82 Å². The lowest BCUT2D eigenvalue weighted by Gasteiger charge is -2.26. The van der Waals surface area contributed by atoms with Crippen LogP contribution in [0.1, 0.15) is 36.2 Å². The van der Waals surface area contributed by atoms with Gasteiger partial charge >= 0.3 is 0 Å². The molecular formula is C16H25N3O2. The smallest absolute Gasteiger partial charge is 0.272 e. The van der Waals surface area contributed by atoms with E-state index >= 15 is 0 Å². The van der Waals surface area contributed by atoms with Crippen LogP contribution in [0, 0.1) is 0 Å². The number of aromatic nitrogens is 1. The van der Waals surface area contributed by atoms with Gasteiger partial charge in [0.2, 0.25) is 0 Å². The second kappa shape index (κ2) is 7.41. The maximum Gasteiger partial charge on any atom is 0.272 e. The molecule has 1 aromatic heterocycles. The second-order valence-corrected chi connectivity index (χ2v) is 5.78. The molecule has 5 heteroatoms. The highest BCUT2D eigenvalue weighted by Gasteiger charge is 2.16. The molecule has 116 valence electrons. The number of nitrogens with zero attached hydrogens (tertiary/aromatic N) is 3. The number of carbonyl (C=O) groups excluding carboxylic acids is 1. The molecule has 1 fully saturated rings. The molecule has 1 unspecified atom stereocenters. The van der Waals surface area contributed by atoms with Crippen molar-refractivity contribution in [1.29, 1.82) is 0 Å². The van der Waals surface area contributed by atoms with Crippen LogP contribution in [-0.4, -0.2) is 56.2 Å². The number of rotatable bonds is 5. The van der Waals surface area contributed by atoms with Crippen LogP contribution in [0.15, 0.2) is 18.2 Å². The minimum Gasteiger partial charge on any atom is -0.378 e. The summed E-state index contributed by atoms with van der Waals surface area (Å²) in [4.78, 5) is 20.0. The Labute approximate surface area is 126 Å². The average Bonchev–Trinajstić information content (AvgIpc) is 2.53. The van der Waals surface area contributed by atoms with Crippen molar-refractivity contribution in [1.82, 2.24) is 9.88 Å². The molecule has 1 amide bonds. The molecule has 0 aromatic carbocycles. The summed E-state index contributed by atoms with van der Waals surface area (Å²) in [5, 5.41) is 0. The minimum atomic E-state index is -0.0686. The Kier molecular flexibility index (Phi) is 5.56. The molecule has 1 aliphatic rings. The largest absolute Gasteiger partial charge is 0.378 e. The summed E-state index contributed by atoms with van der Waals surface area (Å²) in [7, 11) is 5.48. The highest BCUT2D eigenvalue weighted by Crippen LogP contribution is 2.17. The topological polar surface area (TPSA) is 45.7 Å². The zero-order valence-electron chi connectivity index (χ0n) is 13.2. The Morgan fingerprint density at radius 1 is 1.33 bits per heavy atom. The van der Waals surface area contributed by atoms with Gasteiger partial charge in [0.25, 0.3) is 5.91 Å². The standard InChI is InChI=1S/C16H25N3O2/c1-18(2)16(20)14-8-6-9-15(17-14)19(3)11-10-13-7-4-5-12-21-13/h6,8-9,13H,4-5,7,10-12H2,1-3H3. The maximum absolute atomic E-state index is 11.9. The van der Waals surface area contributed by atoms with E-state index in [4.69, 9.17) is 4.74 Å². The number of anilines is 1. The number of hydrogen-bond donors (Lipinski definition) is 0. The third kappa shape index (κ3) is 4.43. The van der Waals surface area contributed by atoms with Crippen LogP contribution in [0.25, 0.3) is 0 Å². The monoisotopic (exact) mass is 291 g/mol. The Morgan fingerprint density at radius 2 is 2.14 bits per heavy atom. The molecule has 5 nitrogen and oxygen atoms in total. The van der Waals surface area contributed by atoms with E-state index in [1.807, 2.05) is 19.2 Å². The first-order valence-electron chi connectivity index (χ1n) is 7.59. The lowest BCUT2D eigenvalue weighted by Crippen LogP contribution is -2.28. The van der Waals surface area contributed by atoms with E-state index in [-0.39, 0.29) is 5.91 Å². The van der Waals surface area contributed by atoms with E-state index in [9.17, 15) is 4.79 Å². The van der Waals surface area contributed by atoms with Gasteiger partial charge in [0, 0.05) is 34.3 Å². The van der Waals surface area contributed by atoms with Crippen LogP contribution in [0.3, 0.4) is 0 Å². The fourth-order valence-electron chi connectivity index (χ4n) is 2.47. The van der Waals surface area contributed by atoms with Crippen LogP contribution >= 0.6 is 0 Å². The Balaban J connectivity index is 1.93. The van der Waals surface area contributed by atoms with E-state index in [2.05, 4.69) is 9.88 Å². The van der Waals surface area contributed by atoms with Gasteiger partial charge in [-0.1, -0.05) is 6.07 Å². The fraction of sp³-hybridized carbons (Fsp3) is 0.625. The molecule has 0 spiro atoms. The summed E-state index contributed by atoms with van der Waals surface area (Å²) >= 11 is 0. The minimum absolute atomic E-state index is 0.0686. The van der Waals surface area contributed by atoms with E-state index in [0.29, 0.717) is 11.8 Å². The molecule has 0 N–H and O–H groups in total. The fourth-order valence-corrected chi connectivity index (χ4v) is 2.47. The Bertz CT molecular complexity index is 470. The first-order valence-corrected chi connectivity index (χ1v) is 7.59. The van der Waals surface area contributed by atoms with Gasteiger partial charge in [0.05, 0.1) is 6.10 Å². The lowest BCUT2D eigenvalue weighted by atomic mass is 10.1. The molecule has 1 saturated heterocycles. The van der Waals surface area contributed by atoms with Gasteiger partial charge in [-0.2, -0.15) is 0 Å². The SMILES string of the molecule is CN(C)C(=O)c1cccc(N(C)CCC2CCCCO2)n1. The van der Waals surface area contributed by atoms with E-state index in [1.54, 1.807) is 25.1 Å². The predicted octanol–water partition coefficient (Wildman–Crippen LogP) is 2.18. The number of hydrogen-bond acceptors (Lipinski definition) is 4. The molecule has 2 rings (SSSR count). The zero-order valence-corrected chi connectivity index (χ0v) is 13.2. The van der Waals surface area contributed by atoms with Crippen molar-refractivity contribution in [2.75, 3.05) is 39.2 Å². The van der Waals surface area contributed by atoms with Crippen molar-refractivity contribution in [3.63, 3.8) is 0 Å². The first-order chi connectivity index (χ1) is 10.1. The van der Waals surface area contributed by atoms with Gasteiger partial charge in [0.15, 0.2) is 0 Å². The predicted molar refractivity (Wildman–Crippen MR) is 83.7 cm³/mol. The molecule has 0 bridgehead atoms. The third-order valence-electron chi connectivity index (χ3n) is 3.81. The molecule has 1 aliphatic heterocycles. The van der Waals surface area contributed by atoms with Crippen molar-refractivity contribution < 1.29 is 9.53 Å². The summed E-state index contributed by atoms with van der Waals surface area (Å²) in [5.74, 6) is 0.763. The quantitative estimate of drug-likeness (QED) is 0.834. The summed E-state index contributed by atoms with van der Waals surface area (Å²) in [6.07, 6.45) is 4.97. The van der Waals surface area contributed by atoms with E-state index in [0.717, 1.165) is 31.8 Å². The third-order valence-corrected chi connectivity index (χ3v) is 3.81. The maximum atomic E-state index is 11.9. The van der Waals surface area contributed by atoms with Crippen LogP contribution in [0.2, 0.25) is 0 Å². The number of pyridine rings is 1. The van der Waals surface area contributed by atoms with Crippen molar-refractivity contribution in [3.8, 4) is 0 Å². The first kappa shape index (κ1) is 15.8. The van der Waals surface area contributed by atoms with Crippen molar-refractivity contribution >= 4 is 11.7 Å². The highest BCUT2D eigenvalue weighted by atomic mass is 16.5. The Morgan fingerprint density at radius 3 is 2.81 bits per heavy atom. The van der Waals surface area contributed by atoms with E-state index in [1.165, 1.54) is 12.8 Å². The van der Waals surface area contributed by atoms with Gasteiger partial charge in [-0.05, 0) is 37.8 Å². The zero-order chi connectivity index (χ0) is 15.2. The molecular weight excluding hydrogens is 266 g/mol. The van der Waals surface area contributed by atoms with Gasteiger partial charge in [-0.25, -0.2) is 4.98 Å². The van der Waals surface area contributed by atoms with Crippen LogP contribution in [-0.2, 0) is 4.74 Å². The molecule has 0 saturated carbocycles. The Hall–Kier alpha value is -1.62. The van der Waals surface area contributed by atoms with Crippen LogP contribution < -0.4 is 4.90 Å². The summed E-state index contributed by atoms with van der Waals surface area (Å²) in [6.45, 7) is 1.77. The number of ether oxygens (including phenoxy) is 1. The molecule has 0 radical (unpaired) electrons. The molecule has 2 heterocycles. The normalized spacial score (nSPS) is 18.3. The summed E-state index contributed by atoms with van der Waals surface area (Å²) in [5.41, 5.74) is 0.485. The van der Waals surface area contributed by atoms with Gasteiger partial charge in [0.1, 0.15) is 11.5 Å². The number of amides is 1. The second-order valence-electron chi connectivity index (χ2n) is 5.78.